The van der Waals surface area contributed by atoms with Crippen LogP contribution in [0.15, 0.2) is 0 Å². The molecule has 1 fully saturated rings. The number of rotatable bonds is 8. The molecule has 2 N–H and O–H groups in total. The highest BCUT2D eigenvalue weighted by molar-refractivity contribution is 5.84. The Morgan fingerprint density at radius 1 is 1.25 bits per heavy atom. The number of nitrogens with one attached hydrogen (secondary N) is 1. The molecule has 0 aromatic carbocycles. The van der Waals surface area contributed by atoms with Gasteiger partial charge in [-0.05, 0) is 46.2 Å². The van der Waals surface area contributed by atoms with Crippen molar-refractivity contribution in [3.63, 3.8) is 0 Å². The molecule has 0 aliphatic heterocycles. The Balaban J connectivity index is 2.57. The standard InChI is InChI=1S/C15H28N2O3/c1-5-14(6-2,13(19)20)10-12(18)16-11-15(17(3)4)8-7-9-15/h5-11H2,1-4H3,(H,16,18)(H,19,20). The third-order valence-corrected chi connectivity index (χ3v) is 5.15. The number of hydrogen-bond acceptors (Lipinski definition) is 3. The van der Waals surface area contributed by atoms with E-state index in [2.05, 4.69) is 10.2 Å². The van der Waals surface area contributed by atoms with Gasteiger partial charge in [0.2, 0.25) is 5.91 Å². The normalized spacial score (nSPS) is 17.6. The van der Waals surface area contributed by atoms with Gasteiger partial charge in [0.05, 0.1) is 5.41 Å². The van der Waals surface area contributed by atoms with E-state index in [1.807, 2.05) is 27.9 Å². The summed E-state index contributed by atoms with van der Waals surface area (Å²) in [7, 11) is 4.07. The zero-order chi connectivity index (χ0) is 15.4. The van der Waals surface area contributed by atoms with Gasteiger partial charge in [0.1, 0.15) is 0 Å². The molecule has 1 aliphatic carbocycles. The highest BCUT2D eigenvalue weighted by Gasteiger charge is 2.41. The number of carboxylic acids is 1. The van der Waals surface area contributed by atoms with Crippen LogP contribution in [0, 0.1) is 5.41 Å². The first kappa shape index (κ1) is 17.0. The molecule has 0 unspecified atom stereocenters. The van der Waals surface area contributed by atoms with Crippen LogP contribution in [0.5, 0.6) is 0 Å². The molecule has 1 saturated carbocycles. The van der Waals surface area contributed by atoms with E-state index in [1.165, 1.54) is 6.42 Å². The van der Waals surface area contributed by atoms with Crippen LogP contribution >= 0.6 is 0 Å². The summed E-state index contributed by atoms with van der Waals surface area (Å²) in [5, 5.41) is 12.3. The fraction of sp³-hybridized carbons (Fsp3) is 0.867. The number of carbonyl (C=O) groups is 2. The highest BCUT2D eigenvalue weighted by atomic mass is 16.4. The van der Waals surface area contributed by atoms with E-state index in [0.29, 0.717) is 19.4 Å². The molecule has 116 valence electrons. The van der Waals surface area contributed by atoms with Crippen molar-refractivity contribution in [1.82, 2.24) is 10.2 Å². The van der Waals surface area contributed by atoms with Crippen molar-refractivity contribution < 1.29 is 14.7 Å². The van der Waals surface area contributed by atoms with Gasteiger partial charge >= 0.3 is 5.97 Å². The molecule has 0 saturated heterocycles. The van der Waals surface area contributed by atoms with Crippen LogP contribution in [0.3, 0.4) is 0 Å². The van der Waals surface area contributed by atoms with E-state index in [-0.39, 0.29) is 17.9 Å². The van der Waals surface area contributed by atoms with Crippen molar-refractivity contribution in [2.24, 2.45) is 5.41 Å². The third kappa shape index (κ3) is 3.32. The number of amides is 1. The van der Waals surface area contributed by atoms with E-state index in [9.17, 15) is 14.7 Å². The maximum atomic E-state index is 12.1. The quantitative estimate of drug-likeness (QED) is 0.714. The van der Waals surface area contributed by atoms with Crippen LogP contribution in [0.4, 0.5) is 0 Å². The van der Waals surface area contributed by atoms with Gasteiger partial charge in [0.15, 0.2) is 0 Å². The molecule has 20 heavy (non-hydrogen) atoms. The third-order valence-electron chi connectivity index (χ3n) is 5.15. The maximum absolute atomic E-state index is 12.1. The van der Waals surface area contributed by atoms with Gasteiger partial charge in [-0.2, -0.15) is 0 Å². The number of aliphatic carboxylic acids is 1. The number of carbonyl (C=O) groups excluding carboxylic acids is 1. The van der Waals surface area contributed by atoms with Crippen LogP contribution in [0.2, 0.25) is 0 Å². The molecule has 1 aliphatic rings. The molecular weight excluding hydrogens is 256 g/mol. The van der Waals surface area contributed by atoms with E-state index < -0.39 is 11.4 Å². The van der Waals surface area contributed by atoms with Crippen molar-refractivity contribution in [2.75, 3.05) is 20.6 Å². The van der Waals surface area contributed by atoms with Gasteiger partial charge in [-0.25, -0.2) is 0 Å². The smallest absolute Gasteiger partial charge is 0.310 e. The first-order valence-electron chi connectivity index (χ1n) is 7.49. The summed E-state index contributed by atoms with van der Waals surface area (Å²) in [6, 6.07) is 0. The number of hydrogen-bond donors (Lipinski definition) is 2. The minimum absolute atomic E-state index is 0.0683. The van der Waals surface area contributed by atoms with E-state index in [1.54, 1.807) is 0 Å². The van der Waals surface area contributed by atoms with Crippen LogP contribution in [-0.2, 0) is 9.59 Å². The average Bonchev–Trinajstić information content (AvgIpc) is 2.33. The van der Waals surface area contributed by atoms with Gasteiger partial charge in [0, 0.05) is 18.5 Å². The lowest BCUT2D eigenvalue weighted by Crippen LogP contribution is -2.57. The summed E-state index contributed by atoms with van der Waals surface area (Å²) in [6.07, 6.45) is 4.39. The Morgan fingerprint density at radius 2 is 1.80 bits per heavy atom. The summed E-state index contributed by atoms with van der Waals surface area (Å²) in [4.78, 5) is 25.7. The average molecular weight is 284 g/mol. The predicted molar refractivity (Wildman–Crippen MR) is 78.5 cm³/mol. The first-order valence-corrected chi connectivity index (χ1v) is 7.49. The summed E-state index contributed by atoms with van der Waals surface area (Å²) in [5.41, 5.74) is -0.852. The second-order valence-corrected chi connectivity index (χ2v) is 6.22. The predicted octanol–water partition coefficient (Wildman–Crippen LogP) is 1.87. The highest BCUT2D eigenvalue weighted by Crippen LogP contribution is 2.36. The largest absolute Gasteiger partial charge is 0.481 e. The van der Waals surface area contributed by atoms with Crippen molar-refractivity contribution >= 4 is 11.9 Å². The molecule has 0 aromatic heterocycles. The monoisotopic (exact) mass is 284 g/mol. The summed E-state index contributed by atoms with van der Waals surface area (Å²) in [6.45, 7) is 4.28. The fourth-order valence-corrected chi connectivity index (χ4v) is 2.88. The number of likely N-dealkylation sites (N-methyl/N-ethyl adjacent to an activating group) is 1. The zero-order valence-corrected chi connectivity index (χ0v) is 13.2. The van der Waals surface area contributed by atoms with E-state index >= 15 is 0 Å². The lowest BCUT2D eigenvalue weighted by Gasteiger charge is -2.47. The molecule has 0 bridgehead atoms. The summed E-state index contributed by atoms with van der Waals surface area (Å²) < 4.78 is 0. The topological polar surface area (TPSA) is 69.6 Å². The van der Waals surface area contributed by atoms with Gasteiger partial charge in [-0.3, -0.25) is 9.59 Å². The van der Waals surface area contributed by atoms with Crippen LogP contribution in [0.25, 0.3) is 0 Å². The molecule has 0 radical (unpaired) electrons. The molecule has 5 heteroatoms. The molecule has 0 spiro atoms. The molecule has 5 nitrogen and oxygen atoms in total. The molecule has 1 rings (SSSR count). The number of carboxylic acid groups (broad SMARTS) is 1. The SMILES string of the molecule is CCC(CC)(CC(=O)NCC1(N(C)C)CCC1)C(=O)O. The van der Waals surface area contributed by atoms with Crippen LogP contribution in [0.1, 0.15) is 52.4 Å². The van der Waals surface area contributed by atoms with Crippen molar-refractivity contribution in [3.05, 3.63) is 0 Å². The van der Waals surface area contributed by atoms with Crippen LogP contribution in [-0.4, -0.2) is 48.1 Å². The lowest BCUT2D eigenvalue weighted by molar-refractivity contribution is -0.152. The Morgan fingerprint density at radius 3 is 2.10 bits per heavy atom. The second-order valence-electron chi connectivity index (χ2n) is 6.22. The maximum Gasteiger partial charge on any atom is 0.310 e. The fourth-order valence-electron chi connectivity index (χ4n) is 2.88. The minimum Gasteiger partial charge on any atom is -0.481 e. The number of nitrogens with zero attached hydrogens (tertiary/aromatic N) is 1. The zero-order valence-electron chi connectivity index (χ0n) is 13.2. The molecular formula is C15H28N2O3. The first-order chi connectivity index (χ1) is 9.32. The molecule has 1 amide bonds. The molecule has 0 aromatic rings. The van der Waals surface area contributed by atoms with Crippen LogP contribution < -0.4 is 5.32 Å². The Kier molecular flexibility index (Phi) is 5.57. The van der Waals surface area contributed by atoms with Crippen molar-refractivity contribution in [1.29, 1.82) is 0 Å². The molecule has 0 heterocycles. The Bertz CT molecular complexity index is 358. The second kappa shape index (κ2) is 6.57. The van der Waals surface area contributed by atoms with Gasteiger partial charge in [-0.15, -0.1) is 0 Å². The molecule has 0 atom stereocenters. The minimum atomic E-state index is -0.922. The van der Waals surface area contributed by atoms with Crippen molar-refractivity contribution in [3.8, 4) is 0 Å². The van der Waals surface area contributed by atoms with Crippen molar-refractivity contribution in [2.45, 2.75) is 57.9 Å². The van der Waals surface area contributed by atoms with E-state index in [0.717, 1.165) is 12.8 Å². The Hall–Kier alpha value is -1.10. The lowest BCUT2D eigenvalue weighted by atomic mass is 9.75. The van der Waals surface area contributed by atoms with E-state index in [4.69, 9.17) is 0 Å². The summed E-state index contributed by atoms with van der Waals surface area (Å²) in [5.74, 6) is -1.02. The van der Waals surface area contributed by atoms with Gasteiger partial charge in [0.25, 0.3) is 0 Å². The van der Waals surface area contributed by atoms with Gasteiger partial charge < -0.3 is 15.3 Å². The summed E-state index contributed by atoms with van der Waals surface area (Å²) >= 11 is 0. The van der Waals surface area contributed by atoms with Gasteiger partial charge in [-0.1, -0.05) is 13.8 Å². The Labute approximate surface area is 121 Å².